The van der Waals surface area contributed by atoms with E-state index in [-0.39, 0.29) is 5.97 Å². The molecule has 2 heteroatoms. The lowest BCUT2D eigenvalue weighted by atomic mass is 10.4. The van der Waals surface area contributed by atoms with Crippen molar-refractivity contribution < 1.29 is 9.53 Å². The molecule has 2 nitrogen and oxygen atoms in total. The van der Waals surface area contributed by atoms with Gasteiger partial charge in [-0.1, -0.05) is 12.2 Å². The predicted molar refractivity (Wildman–Crippen MR) is 34.7 cm³/mol. The predicted octanol–water partition coefficient (Wildman–Crippen LogP) is 1.32. The second-order valence-electron chi connectivity index (χ2n) is 1.50. The first kappa shape index (κ1) is 8.21. The van der Waals surface area contributed by atoms with E-state index in [1.54, 1.807) is 19.9 Å². The van der Waals surface area contributed by atoms with Crippen LogP contribution in [0.2, 0.25) is 0 Å². The van der Waals surface area contributed by atoms with Crippen LogP contribution in [0.25, 0.3) is 0 Å². The highest BCUT2D eigenvalue weighted by molar-refractivity contribution is 5.70. The van der Waals surface area contributed by atoms with Crippen LogP contribution in [0.5, 0.6) is 0 Å². The van der Waals surface area contributed by atoms with Crippen LogP contribution in [0.4, 0.5) is 0 Å². The number of hydrogen-bond donors (Lipinski definition) is 0. The molecule has 51 valence electrons. The van der Waals surface area contributed by atoms with Crippen LogP contribution in [0, 0.1) is 6.08 Å². The molecule has 0 unspecified atom stereocenters. The normalized spacial score (nSPS) is 10.0. The number of carbonyl (C=O) groups is 1. The summed E-state index contributed by atoms with van der Waals surface area (Å²) < 4.78 is 4.63. The van der Waals surface area contributed by atoms with Crippen molar-refractivity contribution in [2.75, 3.05) is 6.61 Å². The molecule has 0 aliphatic rings. The summed E-state index contributed by atoms with van der Waals surface area (Å²) >= 11 is 0. The summed E-state index contributed by atoms with van der Waals surface area (Å²) in [6, 6.07) is 0. The number of hydrogen-bond acceptors (Lipinski definition) is 2. The van der Waals surface area contributed by atoms with Crippen LogP contribution < -0.4 is 0 Å². The van der Waals surface area contributed by atoms with Crippen molar-refractivity contribution in [1.29, 1.82) is 0 Å². The van der Waals surface area contributed by atoms with Gasteiger partial charge in [0.2, 0.25) is 0 Å². The minimum atomic E-state index is -0.188. The Morgan fingerprint density at radius 3 is 2.89 bits per heavy atom. The molecule has 0 saturated heterocycles. The van der Waals surface area contributed by atoms with Gasteiger partial charge < -0.3 is 4.74 Å². The van der Waals surface area contributed by atoms with Gasteiger partial charge in [-0.05, 0) is 13.8 Å². The van der Waals surface area contributed by atoms with Crippen LogP contribution in [-0.2, 0) is 9.53 Å². The second kappa shape index (κ2) is 5.35. The fourth-order valence-corrected chi connectivity index (χ4v) is 0.405. The Bertz CT molecular complexity index is 105. The largest absolute Gasteiger partial charge is 0.466 e. The van der Waals surface area contributed by atoms with Crippen LogP contribution in [0.15, 0.2) is 6.08 Å². The molecule has 0 aliphatic carbocycles. The summed E-state index contributed by atoms with van der Waals surface area (Å²) in [5, 5.41) is 0. The molecule has 0 aromatic heterocycles. The third-order valence-electron chi connectivity index (χ3n) is 0.778. The Kier molecular flexibility index (Phi) is 4.88. The maximum atomic E-state index is 10.5. The van der Waals surface area contributed by atoms with Gasteiger partial charge >= 0.3 is 5.97 Å². The third-order valence-corrected chi connectivity index (χ3v) is 0.778. The quantitative estimate of drug-likeness (QED) is 0.534. The van der Waals surface area contributed by atoms with E-state index in [1.165, 1.54) is 0 Å². The van der Waals surface area contributed by atoms with E-state index >= 15 is 0 Å². The zero-order valence-electron chi connectivity index (χ0n) is 5.81. The summed E-state index contributed by atoms with van der Waals surface area (Å²) in [5.41, 5.74) is 0. The molecule has 0 N–H and O–H groups in total. The van der Waals surface area contributed by atoms with Crippen molar-refractivity contribution >= 4 is 5.97 Å². The lowest BCUT2D eigenvalue weighted by Gasteiger charge is -1.95. The summed E-state index contributed by atoms with van der Waals surface area (Å²) in [4.78, 5) is 10.5. The van der Waals surface area contributed by atoms with Crippen molar-refractivity contribution in [3.8, 4) is 0 Å². The van der Waals surface area contributed by atoms with Gasteiger partial charge in [-0.3, -0.25) is 4.79 Å². The molecule has 0 bridgehead atoms. The van der Waals surface area contributed by atoms with Gasteiger partial charge in [0, 0.05) is 0 Å². The van der Waals surface area contributed by atoms with Crippen molar-refractivity contribution in [2.45, 2.75) is 20.3 Å². The van der Waals surface area contributed by atoms with Gasteiger partial charge in [0.25, 0.3) is 0 Å². The highest BCUT2D eigenvalue weighted by Gasteiger charge is 1.94. The molecule has 0 heterocycles. The molecule has 9 heavy (non-hydrogen) atoms. The van der Waals surface area contributed by atoms with Gasteiger partial charge in [0.05, 0.1) is 13.0 Å². The number of esters is 1. The summed E-state index contributed by atoms with van der Waals surface area (Å²) in [7, 11) is 0. The first-order valence-corrected chi connectivity index (χ1v) is 2.95. The molecule has 0 aromatic rings. The maximum Gasteiger partial charge on any atom is 0.309 e. The molecule has 0 saturated carbocycles. The maximum absolute atomic E-state index is 10.5. The molecule has 0 fully saturated rings. The number of rotatable bonds is 3. The molecular formula is C7H11O2. The highest BCUT2D eigenvalue weighted by Crippen LogP contribution is 1.86. The first-order chi connectivity index (χ1) is 4.31. The van der Waals surface area contributed by atoms with E-state index in [1.807, 2.05) is 0 Å². The Balaban J connectivity index is 3.27. The van der Waals surface area contributed by atoms with Crippen molar-refractivity contribution in [2.24, 2.45) is 0 Å². The average molecular weight is 127 g/mol. The molecule has 0 aromatic carbocycles. The minimum absolute atomic E-state index is 0.188. The number of allylic oxidation sites excluding steroid dienone is 1. The lowest BCUT2D eigenvalue weighted by Crippen LogP contribution is -2.01. The molecular weight excluding hydrogens is 116 g/mol. The zero-order chi connectivity index (χ0) is 7.11. The minimum Gasteiger partial charge on any atom is -0.466 e. The molecule has 1 radical (unpaired) electrons. The summed E-state index contributed by atoms with van der Waals surface area (Å²) in [6.45, 7) is 3.99. The molecule has 0 atom stereocenters. The molecule has 0 rings (SSSR count). The monoisotopic (exact) mass is 127 g/mol. The van der Waals surface area contributed by atoms with Crippen molar-refractivity contribution in [1.82, 2.24) is 0 Å². The van der Waals surface area contributed by atoms with Crippen LogP contribution >= 0.6 is 0 Å². The van der Waals surface area contributed by atoms with Crippen LogP contribution in [0.3, 0.4) is 0 Å². The molecule has 0 aliphatic heterocycles. The topological polar surface area (TPSA) is 26.3 Å². The summed E-state index contributed by atoms with van der Waals surface area (Å²) in [6.07, 6.45) is 4.72. The smallest absolute Gasteiger partial charge is 0.309 e. The van der Waals surface area contributed by atoms with E-state index in [4.69, 9.17) is 0 Å². The van der Waals surface area contributed by atoms with Gasteiger partial charge in [-0.15, -0.1) is 0 Å². The highest BCUT2D eigenvalue weighted by atomic mass is 16.5. The fourth-order valence-electron chi connectivity index (χ4n) is 0.405. The van der Waals surface area contributed by atoms with Gasteiger partial charge in [0.15, 0.2) is 0 Å². The second-order valence-corrected chi connectivity index (χ2v) is 1.50. The van der Waals surface area contributed by atoms with E-state index in [0.717, 1.165) is 0 Å². The third kappa shape index (κ3) is 5.07. The lowest BCUT2D eigenvalue weighted by molar-refractivity contribution is -0.142. The summed E-state index contributed by atoms with van der Waals surface area (Å²) in [5.74, 6) is -0.188. The molecule has 0 amide bonds. The van der Waals surface area contributed by atoms with Crippen LogP contribution in [-0.4, -0.2) is 12.6 Å². The fraction of sp³-hybridized carbons (Fsp3) is 0.571. The zero-order valence-corrected chi connectivity index (χ0v) is 5.81. The van der Waals surface area contributed by atoms with Gasteiger partial charge in [-0.2, -0.15) is 0 Å². The standard InChI is InChI=1S/C7H11O2/c1-3-5-6-7(8)9-4-2/h5H,4,6H2,1-2H3. The van der Waals surface area contributed by atoms with E-state index in [0.29, 0.717) is 13.0 Å². The van der Waals surface area contributed by atoms with Gasteiger partial charge in [0.1, 0.15) is 0 Å². The van der Waals surface area contributed by atoms with E-state index in [2.05, 4.69) is 10.8 Å². The number of carbonyl (C=O) groups excluding carboxylic acids is 1. The first-order valence-electron chi connectivity index (χ1n) is 2.95. The van der Waals surface area contributed by atoms with E-state index in [9.17, 15) is 4.79 Å². The van der Waals surface area contributed by atoms with Gasteiger partial charge in [-0.25, -0.2) is 0 Å². The molecule has 0 spiro atoms. The van der Waals surface area contributed by atoms with E-state index < -0.39 is 0 Å². The van der Waals surface area contributed by atoms with Crippen LogP contribution in [0.1, 0.15) is 20.3 Å². The Morgan fingerprint density at radius 1 is 1.78 bits per heavy atom. The van der Waals surface area contributed by atoms with Crippen molar-refractivity contribution in [3.05, 3.63) is 12.2 Å². The number of ether oxygens (including phenoxy) is 1. The average Bonchev–Trinajstić information content (AvgIpc) is 1.85. The SMILES string of the molecule is C[C]=CCC(=O)OCC. The van der Waals surface area contributed by atoms with Crippen molar-refractivity contribution in [3.63, 3.8) is 0 Å². The Labute approximate surface area is 55.5 Å². The Morgan fingerprint density at radius 2 is 2.44 bits per heavy atom. The Hall–Kier alpha value is -0.790.